The van der Waals surface area contributed by atoms with Crippen LogP contribution >= 0.6 is 0 Å². The molecule has 0 fully saturated rings. The van der Waals surface area contributed by atoms with Crippen molar-refractivity contribution in [3.8, 4) is 11.8 Å². The summed E-state index contributed by atoms with van der Waals surface area (Å²) in [4.78, 5) is 24.8. The highest BCUT2D eigenvalue weighted by atomic mass is 16.5. The normalized spacial score (nSPS) is 12.1. The zero-order valence-corrected chi connectivity index (χ0v) is 17.9. The lowest BCUT2D eigenvalue weighted by Crippen LogP contribution is -2.30. The second kappa shape index (κ2) is 10.3. The average Bonchev–Trinajstić information content (AvgIpc) is 2.72. The van der Waals surface area contributed by atoms with Crippen molar-refractivity contribution in [3.05, 3.63) is 64.7 Å². The lowest BCUT2D eigenvalue weighted by molar-refractivity contribution is -0.148. The average molecular weight is 406 g/mol. The Kier molecular flexibility index (Phi) is 7.76. The minimum Gasteiger partial charge on any atom is -0.495 e. The molecule has 0 aliphatic rings. The zero-order chi connectivity index (χ0) is 22.3. The number of carbonyl (C=O) groups is 2. The van der Waals surface area contributed by atoms with Crippen LogP contribution in [0.1, 0.15) is 43.4 Å². The highest BCUT2D eigenvalue weighted by Gasteiger charge is 2.21. The minimum absolute atomic E-state index is 0.180. The summed E-state index contributed by atoms with van der Waals surface area (Å²) in [5.74, 6) is -0.500. The summed E-state index contributed by atoms with van der Waals surface area (Å²) in [6.45, 7) is 7.50. The summed E-state index contributed by atoms with van der Waals surface area (Å²) in [5, 5.41) is 12.0. The molecule has 156 valence electrons. The van der Waals surface area contributed by atoms with Gasteiger partial charge in [0.15, 0.2) is 6.10 Å². The van der Waals surface area contributed by atoms with Crippen molar-refractivity contribution in [1.29, 1.82) is 5.26 Å². The van der Waals surface area contributed by atoms with Gasteiger partial charge in [-0.05, 0) is 54.7 Å². The topological polar surface area (TPSA) is 88.4 Å². The van der Waals surface area contributed by atoms with Gasteiger partial charge in [-0.25, -0.2) is 4.79 Å². The molecule has 0 saturated carbocycles. The van der Waals surface area contributed by atoms with E-state index >= 15 is 0 Å². The highest BCUT2D eigenvalue weighted by molar-refractivity contribution is 6.01. The van der Waals surface area contributed by atoms with Gasteiger partial charge in [0.25, 0.3) is 5.91 Å². The fourth-order valence-corrected chi connectivity index (χ4v) is 2.71. The van der Waals surface area contributed by atoms with Gasteiger partial charge in [0.1, 0.15) is 17.4 Å². The summed E-state index contributed by atoms with van der Waals surface area (Å²) in [5.41, 5.74) is 3.10. The molecule has 2 rings (SSSR count). The number of hydrogen-bond acceptors (Lipinski definition) is 5. The Morgan fingerprint density at radius 1 is 1.10 bits per heavy atom. The molecule has 0 saturated heterocycles. The Balaban J connectivity index is 2.08. The molecule has 0 radical (unpaired) electrons. The Morgan fingerprint density at radius 2 is 1.77 bits per heavy atom. The maximum Gasteiger partial charge on any atom is 0.349 e. The molecule has 0 heterocycles. The molecule has 0 aliphatic heterocycles. The third kappa shape index (κ3) is 5.95. The van der Waals surface area contributed by atoms with Crippen molar-refractivity contribution < 1.29 is 19.1 Å². The molecule has 1 atom stereocenters. The SMILES string of the molecule is COc1ccc(C)cc1NC(=O)[C@@H](C)OC(=O)/C(C#N)=C/c1ccc(C(C)C)cc1. The van der Waals surface area contributed by atoms with Gasteiger partial charge in [-0.15, -0.1) is 0 Å². The first-order valence-electron chi connectivity index (χ1n) is 9.63. The van der Waals surface area contributed by atoms with E-state index in [9.17, 15) is 14.9 Å². The van der Waals surface area contributed by atoms with E-state index in [4.69, 9.17) is 9.47 Å². The zero-order valence-electron chi connectivity index (χ0n) is 17.9. The second-order valence-electron chi connectivity index (χ2n) is 7.23. The van der Waals surface area contributed by atoms with Gasteiger partial charge >= 0.3 is 5.97 Å². The first-order valence-corrected chi connectivity index (χ1v) is 9.63. The van der Waals surface area contributed by atoms with E-state index in [-0.39, 0.29) is 5.57 Å². The van der Waals surface area contributed by atoms with Gasteiger partial charge in [-0.3, -0.25) is 4.79 Å². The predicted molar refractivity (Wildman–Crippen MR) is 116 cm³/mol. The van der Waals surface area contributed by atoms with Crippen LogP contribution in [-0.4, -0.2) is 25.1 Å². The molecule has 0 aliphatic carbocycles. The quantitative estimate of drug-likeness (QED) is 0.412. The third-order valence-electron chi connectivity index (χ3n) is 4.52. The molecule has 30 heavy (non-hydrogen) atoms. The van der Waals surface area contributed by atoms with Crippen LogP contribution in [0.25, 0.3) is 6.08 Å². The number of amides is 1. The number of carbonyl (C=O) groups excluding carboxylic acids is 2. The largest absolute Gasteiger partial charge is 0.495 e. The van der Waals surface area contributed by atoms with E-state index in [0.717, 1.165) is 11.1 Å². The number of rotatable bonds is 7. The number of esters is 1. The maximum atomic E-state index is 12.5. The van der Waals surface area contributed by atoms with Crippen LogP contribution in [0.2, 0.25) is 0 Å². The molecule has 2 aromatic carbocycles. The third-order valence-corrected chi connectivity index (χ3v) is 4.52. The molecule has 0 aromatic heterocycles. The van der Waals surface area contributed by atoms with Crippen molar-refractivity contribution in [1.82, 2.24) is 0 Å². The van der Waals surface area contributed by atoms with Crippen molar-refractivity contribution in [2.24, 2.45) is 0 Å². The lowest BCUT2D eigenvalue weighted by Gasteiger charge is -2.15. The Labute approximate surface area is 177 Å². The summed E-state index contributed by atoms with van der Waals surface area (Å²) in [7, 11) is 1.50. The van der Waals surface area contributed by atoms with Gasteiger partial charge in [-0.2, -0.15) is 5.26 Å². The number of nitriles is 1. The molecule has 0 bridgehead atoms. The van der Waals surface area contributed by atoms with Crippen LogP contribution in [0, 0.1) is 18.3 Å². The number of ether oxygens (including phenoxy) is 2. The molecular weight excluding hydrogens is 380 g/mol. The molecule has 6 nitrogen and oxygen atoms in total. The first-order chi connectivity index (χ1) is 14.2. The van der Waals surface area contributed by atoms with Crippen molar-refractivity contribution >= 4 is 23.6 Å². The van der Waals surface area contributed by atoms with Crippen LogP contribution in [-0.2, 0) is 14.3 Å². The minimum atomic E-state index is -1.09. The van der Waals surface area contributed by atoms with Gasteiger partial charge < -0.3 is 14.8 Å². The number of nitrogens with one attached hydrogen (secondary N) is 1. The van der Waals surface area contributed by atoms with E-state index in [2.05, 4.69) is 19.2 Å². The first kappa shape index (κ1) is 22.7. The van der Waals surface area contributed by atoms with Gasteiger partial charge in [-0.1, -0.05) is 44.2 Å². The highest BCUT2D eigenvalue weighted by Crippen LogP contribution is 2.25. The van der Waals surface area contributed by atoms with Gasteiger partial charge in [0.2, 0.25) is 0 Å². The molecule has 1 amide bonds. The second-order valence-corrected chi connectivity index (χ2v) is 7.23. The van der Waals surface area contributed by atoms with E-state index in [1.807, 2.05) is 43.3 Å². The number of benzene rings is 2. The van der Waals surface area contributed by atoms with Crippen LogP contribution in [0.4, 0.5) is 5.69 Å². The summed E-state index contributed by atoms with van der Waals surface area (Å²) in [6, 6.07) is 14.8. The summed E-state index contributed by atoms with van der Waals surface area (Å²) in [6.07, 6.45) is 0.350. The molecule has 0 spiro atoms. The van der Waals surface area contributed by atoms with Crippen LogP contribution in [0.3, 0.4) is 0 Å². The maximum absolute atomic E-state index is 12.5. The van der Waals surface area contributed by atoms with Crippen molar-refractivity contribution in [2.45, 2.75) is 39.7 Å². The number of anilines is 1. The summed E-state index contributed by atoms with van der Waals surface area (Å²) < 4.78 is 10.4. The van der Waals surface area contributed by atoms with Crippen LogP contribution in [0.5, 0.6) is 5.75 Å². The number of nitrogens with zero attached hydrogens (tertiary/aromatic N) is 1. The predicted octanol–water partition coefficient (Wildman–Crippen LogP) is 4.60. The van der Waals surface area contributed by atoms with E-state index in [1.165, 1.54) is 20.1 Å². The summed E-state index contributed by atoms with van der Waals surface area (Å²) >= 11 is 0. The van der Waals surface area contributed by atoms with Gasteiger partial charge in [0, 0.05) is 0 Å². The van der Waals surface area contributed by atoms with Crippen molar-refractivity contribution in [2.75, 3.05) is 12.4 Å². The number of aryl methyl sites for hydroxylation is 1. The molecular formula is C24H26N2O4. The Morgan fingerprint density at radius 3 is 2.33 bits per heavy atom. The van der Waals surface area contributed by atoms with Gasteiger partial charge in [0.05, 0.1) is 12.8 Å². The smallest absolute Gasteiger partial charge is 0.349 e. The molecule has 6 heteroatoms. The monoisotopic (exact) mass is 406 g/mol. The van der Waals surface area contributed by atoms with E-state index in [0.29, 0.717) is 22.9 Å². The van der Waals surface area contributed by atoms with Crippen LogP contribution in [0.15, 0.2) is 48.0 Å². The molecule has 0 unspecified atom stereocenters. The standard InChI is InChI=1S/C24H26N2O4/c1-15(2)19-9-7-18(8-10-19)13-20(14-25)24(28)30-17(4)23(27)26-21-12-16(3)6-11-22(21)29-5/h6-13,15,17H,1-5H3,(H,26,27)/b20-13+/t17-/m1/s1. The Bertz CT molecular complexity index is 985. The number of methoxy groups -OCH3 is 1. The van der Waals surface area contributed by atoms with E-state index in [1.54, 1.807) is 12.1 Å². The number of hydrogen-bond donors (Lipinski definition) is 1. The van der Waals surface area contributed by atoms with E-state index < -0.39 is 18.0 Å². The van der Waals surface area contributed by atoms with Crippen LogP contribution < -0.4 is 10.1 Å². The fourth-order valence-electron chi connectivity index (χ4n) is 2.71. The molecule has 1 N–H and O–H groups in total. The Hall–Kier alpha value is -3.59. The van der Waals surface area contributed by atoms with Crippen molar-refractivity contribution in [3.63, 3.8) is 0 Å². The molecule has 2 aromatic rings. The fraction of sp³-hybridized carbons (Fsp3) is 0.292. The lowest BCUT2D eigenvalue weighted by atomic mass is 10.0.